The fourth-order valence-corrected chi connectivity index (χ4v) is 1.22. The van der Waals surface area contributed by atoms with Crippen molar-refractivity contribution < 1.29 is 24.6 Å². The lowest BCUT2D eigenvalue weighted by atomic mass is 10.1. The molecule has 6 nitrogen and oxygen atoms in total. The predicted octanol–water partition coefficient (Wildman–Crippen LogP) is 0.777. The van der Waals surface area contributed by atoms with E-state index in [1.807, 2.05) is 6.92 Å². The number of hydrogen-bond donors (Lipinski definition) is 3. The van der Waals surface area contributed by atoms with Crippen molar-refractivity contribution in [3.05, 3.63) is 12.2 Å². The molecule has 1 atom stereocenters. The maximum absolute atomic E-state index is 11.2. The molecule has 17 heavy (non-hydrogen) atoms. The number of carboxylic acids is 2. The van der Waals surface area contributed by atoms with Gasteiger partial charge in [0, 0.05) is 12.2 Å². The standard InChI is InChI=1S/C11H17NO5/c1-2-3-4-5-8(11(16)17)12-9(13)6-7-10(14)15/h6-8H,2-5H2,1H3,(H,12,13)(H,14,15)(H,16,17)/b7-6-/t8-/m0/s1. The first-order valence-corrected chi connectivity index (χ1v) is 5.41. The number of carbonyl (C=O) groups is 3. The second kappa shape index (κ2) is 8.32. The third kappa shape index (κ3) is 8.01. The van der Waals surface area contributed by atoms with Crippen LogP contribution in [0.15, 0.2) is 12.2 Å². The van der Waals surface area contributed by atoms with E-state index in [1.54, 1.807) is 0 Å². The molecule has 0 unspecified atom stereocenters. The molecule has 1 amide bonds. The van der Waals surface area contributed by atoms with Gasteiger partial charge in [-0.05, 0) is 6.42 Å². The molecule has 0 rings (SSSR count). The lowest BCUT2D eigenvalue weighted by Crippen LogP contribution is -2.39. The van der Waals surface area contributed by atoms with Crippen molar-refractivity contribution in [2.24, 2.45) is 0 Å². The summed E-state index contributed by atoms with van der Waals surface area (Å²) in [6.07, 6.45) is 4.37. The van der Waals surface area contributed by atoms with Gasteiger partial charge in [-0.2, -0.15) is 0 Å². The van der Waals surface area contributed by atoms with Gasteiger partial charge in [0.2, 0.25) is 5.91 Å². The van der Waals surface area contributed by atoms with E-state index in [1.165, 1.54) is 0 Å². The molecular formula is C11H17NO5. The molecule has 0 aliphatic rings. The van der Waals surface area contributed by atoms with Crippen molar-refractivity contribution in [1.29, 1.82) is 0 Å². The third-order valence-electron chi connectivity index (χ3n) is 2.09. The first kappa shape index (κ1) is 15.2. The molecule has 0 saturated carbocycles. The van der Waals surface area contributed by atoms with Crippen molar-refractivity contribution in [2.75, 3.05) is 0 Å². The van der Waals surface area contributed by atoms with Gasteiger partial charge in [0.25, 0.3) is 0 Å². The Morgan fingerprint density at radius 2 is 1.82 bits per heavy atom. The minimum absolute atomic E-state index is 0.343. The van der Waals surface area contributed by atoms with Gasteiger partial charge in [-0.3, -0.25) is 4.79 Å². The zero-order chi connectivity index (χ0) is 13.3. The van der Waals surface area contributed by atoms with Crippen LogP contribution in [0.5, 0.6) is 0 Å². The molecule has 0 aromatic heterocycles. The van der Waals surface area contributed by atoms with Crippen molar-refractivity contribution in [3.8, 4) is 0 Å². The molecule has 0 radical (unpaired) electrons. The van der Waals surface area contributed by atoms with E-state index < -0.39 is 23.9 Å². The number of aliphatic carboxylic acids is 2. The van der Waals surface area contributed by atoms with E-state index in [4.69, 9.17) is 10.2 Å². The molecule has 0 fully saturated rings. The van der Waals surface area contributed by atoms with Gasteiger partial charge in [0.05, 0.1) is 0 Å². The van der Waals surface area contributed by atoms with Crippen LogP contribution in [-0.2, 0) is 14.4 Å². The summed E-state index contributed by atoms with van der Waals surface area (Å²) >= 11 is 0. The summed E-state index contributed by atoms with van der Waals surface area (Å²) in [7, 11) is 0. The van der Waals surface area contributed by atoms with Gasteiger partial charge in [-0.15, -0.1) is 0 Å². The Morgan fingerprint density at radius 1 is 1.18 bits per heavy atom. The van der Waals surface area contributed by atoms with Crippen LogP contribution in [0.25, 0.3) is 0 Å². The predicted molar refractivity (Wildman–Crippen MR) is 60.5 cm³/mol. The summed E-state index contributed by atoms with van der Waals surface area (Å²) in [6, 6.07) is -0.965. The zero-order valence-electron chi connectivity index (χ0n) is 9.68. The monoisotopic (exact) mass is 243 g/mol. The molecule has 0 aromatic carbocycles. The molecule has 0 bridgehead atoms. The summed E-state index contributed by atoms with van der Waals surface area (Å²) in [5.74, 6) is -3.08. The number of amides is 1. The second-order valence-electron chi connectivity index (χ2n) is 3.57. The molecule has 0 aliphatic heterocycles. The number of hydrogen-bond acceptors (Lipinski definition) is 3. The Morgan fingerprint density at radius 3 is 2.29 bits per heavy atom. The summed E-state index contributed by atoms with van der Waals surface area (Å²) in [5, 5.41) is 19.4. The van der Waals surface area contributed by atoms with E-state index in [0.717, 1.165) is 18.9 Å². The maximum Gasteiger partial charge on any atom is 0.328 e. The lowest BCUT2D eigenvalue weighted by molar-refractivity contribution is -0.141. The summed E-state index contributed by atoms with van der Waals surface area (Å²) in [6.45, 7) is 1.99. The average molecular weight is 243 g/mol. The largest absolute Gasteiger partial charge is 0.480 e. The van der Waals surface area contributed by atoms with E-state index in [-0.39, 0.29) is 0 Å². The Balaban J connectivity index is 4.20. The highest BCUT2D eigenvalue weighted by Gasteiger charge is 2.17. The topological polar surface area (TPSA) is 104 Å². The molecule has 3 N–H and O–H groups in total. The highest BCUT2D eigenvalue weighted by Crippen LogP contribution is 2.03. The SMILES string of the molecule is CCCCC[C@H](NC(=O)/C=C\C(=O)O)C(=O)O. The number of carbonyl (C=O) groups excluding carboxylic acids is 1. The van der Waals surface area contributed by atoms with Crippen molar-refractivity contribution in [3.63, 3.8) is 0 Å². The minimum atomic E-state index is -1.25. The maximum atomic E-state index is 11.2. The molecular weight excluding hydrogens is 226 g/mol. The number of unbranched alkanes of at least 4 members (excludes halogenated alkanes) is 2. The Bertz CT molecular complexity index is 311. The molecule has 0 aromatic rings. The number of carboxylic acid groups (broad SMARTS) is 2. The summed E-state index contributed by atoms with van der Waals surface area (Å²) < 4.78 is 0. The van der Waals surface area contributed by atoms with Gasteiger partial charge in [-0.1, -0.05) is 26.2 Å². The zero-order valence-corrected chi connectivity index (χ0v) is 9.68. The highest BCUT2D eigenvalue weighted by atomic mass is 16.4. The van der Waals surface area contributed by atoms with Crippen LogP contribution >= 0.6 is 0 Å². The first-order valence-electron chi connectivity index (χ1n) is 5.41. The van der Waals surface area contributed by atoms with Crippen molar-refractivity contribution in [2.45, 2.75) is 38.6 Å². The molecule has 0 saturated heterocycles. The third-order valence-corrected chi connectivity index (χ3v) is 2.09. The lowest BCUT2D eigenvalue weighted by Gasteiger charge is -2.12. The summed E-state index contributed by atoms with van der Waals surface area (Å²) in [5.41, 5.74) is 0. The minimum Gasteiger partial charge on any atom is -0.480 e. The van der Waals surface area contributed by atoms with Gasteiger partial charge >= 0.3 is 11.9 Å². The van der Waals surface area contributed by atoms with E-state index in [9.17, 15) is 14.4 Å². The Kier molecular flexibility index (Phi) is 7.41. The second-order valence-corrected chi connectivity index (χ2v) is 3.57. The van der Waals surface area contributed by atoms with Crippen LogP contribution in [0.4, 0.5) is 0 Å². The molecule has 0 heterocycles. The van der Waals surface area contributed by atoms with Crippen LogP contribution < -0.4 is 5.32 Å². The first-order chi connectivity index (χ1) is 7.97. The Hall–Kier alpha value is -1.85. The van der Waals surface area contributed by atoms with E-state index in [2.05, 4.69) is 5.32 Å². The van der Waals surface area contributed by atoms with Crippen molar-refractivity contribution in [1.82, 2.24) is 5.32 Å². The number of nitrogens with one attached hydrogen (secondary N) is 1. The van der Waals surface area contributed by atoms with Crippen LogP contribution in [0.3, 0.4) is 0 Å². The molecule has 0 aliphatic carbocycles. The Labute approximate surface area is 99.3 Å². The van der Waals surface area contributed by atoms with Crippen LogP contribution in [-0.4, -0.2) is 34.1 Å². The smallest absolute Gasteiger partial charge is 0.328 e. The van der Waals surface area contributed by atoms with Crippen LogP contribution in [0.2, 0.25) is 0 Å². The van der Waals surface area contributed by atoms with E-state index in [0.29, 0.717) is 18.9 Å². The van der Waals surface area contributed by atoms with Gasteiger partial charge in [0.15, 0.2) is 0 Å². The highest BCUT2D eigenvalue weighted by molar-refractivity contribution is 5.95. The van der Waals surface area contributed by atoms with Gasteiger partial charge in [0.1, 0.15) is 6.04 Å². The summed E-state index contributed by atoms with van der Waals surface area (Å²) in [4.78, 5) is 32.1. The molecule has 0 spiro atoms. The fourth-order valence-electron chi connectivity index (χ4n) is 1.22. The van der Waals surface area contributed by atoms with Crippen LogP contribution in [0, 0.1) is 0 Å². The van der Waals surface area contributed by atoms with Gasteiger partial charge < -0.3 is 15.5 Å². The quantitative estimate of drug-likeness (QED) is 0.431. The normalized spacial score (nSPS) is 12.3. The molecule has 6 heteroatoms. The number of rotatable bonds is 8. The fraction of sp³-hybridized carbons (Fsp3) is 0.545. The van der Waals surface area contributed by atoms with Crippen molar-refractivity contribution >= 4 is 17.8 Å². The van der Waals surface area contributed by atoms with Gasteiger partial charge in [-0.25, -0.2) is 9.59 Å². The van der Waals surface area contributed by atoms with Crippen LogP contribution in [0.1, 0.15) is 32.6 Å². The average Bonchev–Trinajstić information content (AvgIpc) is 2.25. The molecule has 96 valence electrons. The van der Waals surface area contributed by atoms with E-state index >= 15 is 0 Å².